The van der Waals surface area contributed by atoms with Crippen molar-refractivity contribution < 1.29 is 14.3 Å². The molecular formula is C16H35IN4O3. The van der Waals surface area contributed by atoms with Gasteiger partial charge >= 0.3 is 6.09 Å². The minimum atomic E-state index is -0.515. The first kappa shape index (κ1) is 25.5. The summed E-state index contributed by atoms with van der Waals surface area (Å²) in [4.78, 5) is 16.4. The molecule has 144 valence electrons. The third-order valence-electron chi connectivity index (χ3n) is 2.56. The number of carbonyl (C=O) groups is 1. The molecular weight excluding hydrogens is 423 g/mol. The van der Waals surface area contributed by atoms with Crippen LogP contribution in [-0.2, 0) is 9.47 Å². The fraction of sp³-hybridized carbons (Fsp3) is 0.875. The van der Waals surface area contributed by atoms with Crippen molar-refractivity contribution in [2.45, 2.75) is 59.6 Å². The summed E-state index contributed by atoms with van der Waals surface area (Å²) in [5.74, 6) is 0.700. The fourth-order valence-electron chi connectivity index (χ4n) is 1.62. The van der Waals surface area contributed by atoms with E-state index in [-0.39, 0.29) is 24.0 Å². The maximum Gasteiger partial charge on any atom is 0.408 e. The van der Waals surface area contributed by atoms with Gasteiger partial charge in [0.15, 0.2) is 5.96 Å². The van der Waals surface area contributed by atoms with Gasteiger partial charge in [-0.3, -0.25) is 4.99 Å². The second-order valence-electron chi connectivity index (χ2n) is 6.83. The number of hydrogen-bond donors (Lipinski definition) is 3. The number of aliphatic imine (C=N–C) groups is 1. The number of carbonyl (C=O) groups excluding carboxylic acids is 1. The lowest BCUT2D eigenvalue weighted by Gasteiger charge is -2.27. The molecule has 1 amide bonds. The predicted molar refractivity (Wildman–Crippen MR) is 109 cm³/mol. The Morgan fingerprint density at radius 1 is 1.08 bits per heavy atom. The summed E-state index contributed by atoms with van der Waals surface area (Å²) < 4.78 is 10.6. The Hall–Kier alpha value is -0.770. The van der Waals surface area contributed by atoms with E-state index < -0.39 is 17.2 Å². The number of amides is 1. The Morgan fingerprint density at radius 2 is 1.71 bits per heavy atom. The van der Waals surface area contributed by atoms with Gasteiger partial charge < -0.3 is 25.4 Å². The first-order valence-electron chi connectivity index (χ1n) is 8.20. The van der Waals surface area contributed by atoms with Crippen LogP contribution in [0.5, 0.6) is 0 Å². The maximum absolute atomic E-state index is 11.9. The fourth-order valence-corrected chi connectivity index (χ4v) is 1.62. The monoisotopic (exact) mass is 458 g/mol. The normalized spacial score (nSPS) is 12.2. The summed E-state index contributed by atoms with van der Waals surface area (Å²) in [6.45, 7) is 16.5. The van der Waals surface area contributed by atoms with Gasteiger partial charge in [0, 0.05) is 19.7 Å². The molecule has 8 heteroatoms. The van der Waals surface area contributed by atoms with Crippen molar-refractivity contribution in [2.24, 2.45) is 4.99 Å². The number of nitrogens with zero attached hydrogens (tertiary/aromatic N) is 1. The van der Waals surface area contributed by atoms with Crippen molar-refractivity contribution in [3.63, 3.8) is 0 Å². The minimum Gasteiger partial charge on any atom is -0.444 e. The molecule has 0 atom stereocenters. The van der Waals surface area contributed by atoms with Crippen LogP contribution in [0.4, 0.5) is 4.79 Å². The van der Waals surface area contributed by atoms with Crippen LogP contribution in [0.15, 0.2) is 4.99 Å². The molecule has 0 aliphatic rings. The molecule has 0 rings (SSSR count). The molecule has 0 bridgehead atoms. The topological polar surface area (TPSA) is 84.0 Å². The minimum absolute atomic E-state index is 0. The number of alkyl carbamates (subject to hydrolysis) is 1. The van der Waals surface area contributed by atoms with E-state index in [1.807, 2.05) is 48.5 Å². The van der Waals surface area contributed by atoms with E-state index in [0.717, 1.165) is 6.54 Å². The Labute approximate surface area is 163 Å². The van der Waals surface area contributed by atoms with Crippen LogP contribution in [0.1, 0.15) is 48.5 Å². The molecule has 0 radical (unpaired) electrons. The Balaban J connectivity index is 0. The van der Waals surface area contributed by atoms with Crippen molar-refractivity contribution in [1.82, 2.24) is 16.0 Å². The van der Waals surface area contributed by atoms with E-state index in [0.29, 0.717) is 32.3 Å². The van der Waals surface area contributed by atoms with E-state index in [4.69, 9.17) is 9.47 Å². The highest BCUT2D eigenvalue weighted by Gasteiger charge is 2.24. The number of rotatable bonds is 8. The van der Waals surface area contributed by atoms with E-state index in [9.17, 15) is 4.79 Å². The number of nitrogens with one attached hydrogen (secondary N) is 3. The van der Waals surface area contributed by atoms with Crippen molar-refractivity contribution in [3.8, 4) is 0 Å². The molecule has 0 spiro atoms. The molecule has 0 aromatic rings. The largest absolute Gasteiger partial charge is 0.444 e. The Bertz CT molecular complexity index is 382. The van der Waals surface area contributed by atoms with E-state index in [1.54, 1.807) is 0 Å². The highest BCUT2D eigenvalue weighted by Crippen LogP contribution is 2.09. The van der Waals surface area contributed by atoms with Crippen LogP contribution in [0, 0.1) is 0 Å². The molecule has 7 nitrogen and oxygen atoms in total. The summed E-state index contributed by atoms with van der Waals surface area (Å²) in [6, 6.07) is 0. The predicted octanol–water partition coefficient (Wildman–Crippen LogP) is 2.50. The van der Waals surface area contributed by atoms with Gasteiger partial charge in [-0.05, 0) is 48.5 Å². The van der Waals surface area contributed by atoms with Gasteiger partial charge in [-0.1, -0.05) is 0 Å². The van der Waals surface area contributed by atoms with Gasteiger partial charge in [-0.25, -0.2) is 4.79 Å². The number of guanidine groups is 1. The van der Waals surface area contributed by atoms with E-state index in [2.05, 4.69) is 20.9 Å². The van der Waals surface area contributed by atoms with Gasteiger partial charge in [0.25, 0.3) is 0 Å². The van der Waals surface area contributed by atoms with Crippen LogP contribution >= 0.6 is 24.0 Å². The second kappa shape index (κ2) is 12.6. The first-order chi connectivity index (χ1) is 10.6. The van der Waals surface area contributed by atoms with Crippen LogP contribution in [0.2, 0.25) is 0 Å². The average molecular weight is 458 g/mol. The summed E-state index contributed by atoms with van der Waals surface area (Å²) in [5.41, 5.74) is -1.02. The zero-order valence-electron chi connectivity index (χ0n) is 16.1. The van der Waals surface area contributed by atoms with E-state index >= 15 is 0 Å². The molecule has 0 unspecified atom stereocenters. The molecule has 0 saturated heterocycles. The molecule has 0 aliphatic heterocycles. The van der Waals surface area contributed by atoms with Gasteiger partial charge in [0.2, 0.25) is 0 Å². The molecule has 0 heterocycles. The molecule has 0 fully saturated rings. The molecule has 3 N–H and O–H groups in total. The molecule has 0 aromatic carbocycles. The summed E-state index contributed by atoms with van der Waals surface area (Å²) >= 11 is 0. The highest BCUT2D eigenvalue weighted by atomic mass is 127. The lowest BCUT2D eigenvalue weighted by molar-refractivity contribution is 0.0476. The standard InChI is InChI=1S/C16H34N4O3.HI/c1-8-17-13(18-10-11-22-9-2)19-12-16(6,7)20-14(21)23-15(3,4)5;/h8-12H2,1-7H3,(H,20,21)(H2,17,18,19);1H. The lowest BCUT2D eigenvalue weighted by Crippen LogP contribution is -2.49. The van der Waals surface area contributed by atoms with Crippen molar-refractivity contribution in [2.75, 3.05) is 32.8 Å². The smallest absolute Gasteiger partial charge is 0.408 e. The second-order valence-corrected chi connectivity index (χ2v) is 6.83. The van der Waals surface area contributed by atoms with Crippen molar-refractivity contribution in [3.05, 3.63) is 0 Å². The average Bonchev–Trinajstić information content (AvgIpc) is 2.37. The SMILES string of the molecule is CCNC(=NCC(C)(C)NC(=O)OC(C)(C)C)NCCOCC.I. The Morgan fingerprint density at radius 3 is 2.21 bits per heavy atom. The first-order valence-corrected chi connectivity index (χ1v) is 8.20. The summed E-state index contributed by atoms with van der Waals surface area (Å²) in [7, 11) is 0. The van der Waals surface area contributed by atoms with Gasteiger partial charge in [-0.15, -0.1) is 24.0 Å². The molecule has 0 saturated carbocycles. The van der Waals surface area contributed by atoms with Crippen LogP contribution in [0.3, 0.4) is 0 Å². The van der Waals surface area contributed by atoms with Crippen molar-refractivity contribution >= 4 is 36.0 Å². The van der Waals surface area contributed by atoms with Gasteiger partial charge in [0.05, 0.1) is 18.7 Å². The van der Waals surface area contributed by atoms with Crippen molar-refractivity contribution in [1.29, 1.82) is 0 Å². The van der Waals surface area contributed by atoms with E-state index in [1.165, 1.54) is 0 Å². The quantitative estimate of drug-likeness (QED) is 0.225. The number of halogens is 1. The van der Waals surface area contributed by atoms with Crippen LogP contribution in [-0.4, -0.2) is 56.0 Å². The third kappa shape index (κ3) is 14.8. The lowest BCUT2D eigenvalue weighted by atomic mass is 10.1. The van der Waals surface area contributed by atoms with Crippen LogP contribution < -0.4 is 16.0 Å². The highest BCUT2D eigenvalue weighted by molar-refractivity contribution is 14.0. The van der Waals surface area contributed by atoms with Gasteiger partial charge in [0.1, 0.15) is 5.60 Å². The Kier molecular flexibility index (Phi) is 13.3. The third-order valence-corrected chi connectivity index (χ3v) is 2.56. The molecule has 0 aromatic heterocycles. The van der Waals surface area contributed by atoms with Gasteiger partial charge in [-0.2, -0.15) is 0 Å². The number of ether oxygens (including phenoxy) is 2. The zero-order chi connectivity index (χ0) is 17.9. The number of hydrogen-bond acceptors (Lipinski definition) is 4. The summed E-state index contributed by atoms with van der Waals surface area (Å²) in [5, 5.41) is 9.19. The molecule has 0 aliphatic carbocycles. The summed E-state index contributed by atoms with van der Waals surface area (Å²) in [6.07, 6.45) is -0.438. The maximum atomic E-state index is 11.9. The zero-order valence-corrected chi connectivity index (χ0v) is 18.4. The molecule has 24 heavy (non-hydrogen) atoms. The van der Waals surface area contributed by atoms with Crippen LogP contribution in [0.25, 0.3) is 0 Å².